The Kier molecular flexibility index (Phi) is 5.04. The Hall–Kier alpha value is -3.60. The molecule has 4 rings (SSSR count). The van der Waals surface area contributed by atoms with E-state index in [2.05, 4.69) is 0 Å². The molecule has 0 saturated carbocycles. The molecule has 0 bridgehead atoms. The Bertz CT molecular complexity index is 1120. The Balaban J connectivity index is 1.64. The van der Waals surface area contributed by atoms with Gasteiger partial charge in [0.05, 0.1) is 12.1 Å². The number of carboxylic acid groups (broad SMARTS) is 1. The van der Waals surface area contributed by atoms with E-state index in [0.29, 0.717) is 12.4 Å². The summed E-state index contributed by atoms with van der Waals surface area (Å²) in [4.78, 5) is 11.8. The first-order valence-electron chi connectivity index (χ1n) is 9.30. The second kappa shape index (κ2) is 7.80. The lowest BCUT2D eigenvalue weighted by Gasteiger charge is -2.22. The Morgan fingerprint density at radius 2 is 1.62 bits per heavy atom. The SMILES string of the molecule is O=C(O)C(F)(Cn1ccc2c(OCc3ccccc3)cccc21)c1ccccc1. The molecule has 3 aromatic carbocycles. The standard InChI is InChI=1S/C24H20FNO3/c25-24(23(27)28,19-10-5-2-6-11-19)17-26-15-14-20-21(26)12-7-13-22(20)29-16-18-8-3-1-4-9-18/h1-15H,16-17H2,(H,27,28). The zero-order valence-corrected chi connectivity index (χ0v) is 15.7. The molecule has 0 saturated heterocycles. The summed E-state index contributed by atoms with van der Waals surface area (Å²) < 4.78 is 23.1. The third-order valence-electron chi connectivity index (χ3n) is 4.97. The highest BCUT2D eigenvalue weighted by Gasteiger charge is 2.41. The second-order valence-electron chi connectivity index (χ2n) is 6.88. The van der Waals surface area contributed by atoms with E-state index in [1.54, 1.807) is 29.0 Å². The van der Waals surface area contributed by atoms with Gasteiger partial charge in [-0.25, -0.2) is 9.18 Å². The lowest BCUT2D eigenvalue weighted by molar-refractivity contribution is -0.152. The normalized spacial score (nSPS) is 13.1. The molecule has 1 aromatic heterocycles. The van der Waals surface area contributed by atoms with Gasteiger partial charge in [-0.15, -0.1) is 0 Å². The van der Waals surface area contributed by atoms with Gasteiger partial charge in [-0.05, 0) is 23.8 Å². The number of benzene rings is 3. The first-order valence-corrected chi connectivity index (χ1v) is 9.30. The third-order valence-corrected chi connectivity index (χ3v) is 4.97. The van der Waals surface area contributed by atoms with Crippen LogP contribution in [0.4, 0.5) is 4.39 Å². The largest absolute Gasteiger partial charge is 0.488 e. The molecule has 0 amide bonds. The molecule has 4 aromatic rings. The van der Waals surface area contributed by atoms with Gasteiger partial charge in [0.2, 0.25) is 5.67 Å². The number of aliphatic carboxylic acids is 1. The molecule has 0 radical (unpaired) electrons. The van der Waals surface area contributed by atoms with Crippen LogP contribution >= 0.6 is 0 Å². The molecule has 146 valence electrons. The summed E-state index contributed by atoms with van der Waals surface area (Å²) >= 11 is 0. The Morgan fingerprint density at radius 1 is 0.931 bits per heavy atom. The fraction of sp³-hybridized carbons (Fsp3) is 0.125. The minimum atomic E-state index is -2.53. The molecule has 1 atom stereocenters. The van der Waals surface area contributed by atoms with E-state index in [4.69, 9.17) is 4.74 Å². The van der Waals surface area contributed by atoms with Gasteiger partial charge in [-0.2, -0.15) is 0 Å². The summed E-state index contributed by atoms with van der Waals surface area (Å²) in [5, 5.41) is 10.4. The number of aromatic nitrogens is 1. The maximum Gasteiger partial charge on any atom is 0.348 e. The monoisotopic (exact) mass is 389 g/mol. The average molecular weight is 389 g/mol. The summed E-state index contributed by atoms with van der Waals surface area (Å²) in [6.07, 6.45) is 1.69. The summed E-state index contributed by atoms with van der Waals surface area (Å²) in [5.41, 5.74) is -0.657. The van der Waals surface area contributed by atoms with Gasteiger partial charge in [-0.3, -0.25) is 0 Å². The van der Waals surface area contributed by atoms with Crippen LogP contribution in [-0.2, 0) is 23.6 Å². The molecule has 5 heteroatoms. The summed E-state index contributed by atoms with van der Waals surface area (Å²) in [7, 11) is 0. The van der Waals surface area contributed by atoms with Gasteiger partial charge in [0.15, 0.2) is 0 Å². The Labute approximate surface area is 167 Å². The predicted octanol–water partition coefficient (Wildman–Crippen LogP) is 5.17. The van der Waals surface area contributed by atoms with Crippen LogP contribution in [0.5, 0.6) is 5.75 Å². The molecule has 0 fully saturated rings. The van der Waals surface area contributed by atoms with Crippen LogP contribution in [0, 0.1) is 0 Å². The molecule has 0 aliphatic carbocycles. The van der Waals surface area contributed by atoms with Crippen molar-refractivity contribution < 1.29 is 19.0 Å². The fourth-order valence-electron chi connectivity index (χ4n) is 3.41. The third kappa shape index (κ3) is 3.72. The van der Waals surface area contributed by atoms with E-state index in [1.807, 2.05) is 54.6 Å². The molecule has 1 unspecified atom stereocenters. The van der Waals surface area contributed by atoms with Crippen LogP contribution in [-0.4, -0.2) is 15.6 Å². The van der Waals surface area contributed by atoms with Gasteiger partial charge < -0.3 is 14.4 Å². The van der Waals surface area contributed by atoms with E-state index >= 15 is 4.39 Å². The predicted molar refractivity (Wildman–Crippen MR) is 110 cm³/mol. The number of halogens is 1. The van der Waals surface area contributed by atoms with Crippen molar-refractivity contribution in [3.05, 3.63) is 102 Å². The van der Waals surface area contributed by atoms with Gasteiger partial charge in [0, 0.05) is 17.1 Å². The van der Waals surface area contributed by atoms with E-state index < -0.39 is 11.6 Å². The fourth-order valence-corrected chi connectivity index (χ4v) is 3.41. The van der Waals surface area contributed by atoms with E-state index in [1.165, 1.54) is 12.1 Å². The number of hydrogen-bond donors (Lipinski definition) is 1. The van der Waals surface area contributed by atoms with Crippen LogP contribution in [0.1, 0.15) is 11.1 Å². The number of ether oxygens (including phenoxy) is 1. The van der Waals surface area contributed by atoms with Crippen LogP contribution < -0.4 is 4.74 Å². The minimum absolute atomic E-state index is 0.117. The van der Waals surface area contributed by atoms with Crippen molar-refractivity contribution >= 4 is 16.9 Å². The molecular weight excluding hydrogens is 369 g/mol. The molecular formula is C24H20FNO3. The van der Waals surface area contributed by atoms with Crippen molar-refractivity contribution in [2.24, 2.45) is 0 Å². The van der Waals surface area contributed by atoms with Crippen molar-refractivity contribution in [2.45, 2.75) is 18.8 Å². The summed E-state index contributed by atoms with van der Waals surface area (Å²) in [6.45, 7) is 0.0787. The highest BCUT2D eigenvalue weighted by Crippen LogP contribution is 2.33. The quantitative estimate of drug-likeness (QED) is 0.474. The Morgan fingerprint density at radius 3 is 2.31 bits per heavy atom. The number of hydrogen-bond acceptors (Lipinski definition) is 2. The van der Waals surface area contributed by atoms with Crippen molar-refractivity contribution in [1.82, 2.24) is 4.57 Å². The molecule has 1 N–H and O–H groups in total. The van der Waals surface area contributed by atoms with Gasteiger partial charge in [-0.1, -0.05) is 66.7 Å². The highest BCUT2D eigenvalue weighted by atomic mass is 19.1. The molecule has 0 spiro atoms. The maximum atomic E-state index is 15.6. The number of rotatable bonds is 7. The first kappa shape index (κ1) is 18.7. The van der Waals surface area contributed by atoms with Crippen molar-refractivity contribution in [1.29, 1.82) is 0 Å². The van der Waals surface area contributed by atoms with Gasteiger partial charge in [0.25, 0.3) is 0 Å². The molecule has 29 heavy (non-hydrogen) atoms. The number of nitrogens with zero attached hydrogens (tertiary/aromatic N) is 1. The smallest absolute Gasteiger partial charge is 0.348 e. The van der Waals surface area contributed by atoms with E-state index in [-0.39, 0.29) is 12.1 Å². The van der Waals surface area contributed by atoms with Crippen LogP contribution in [0.15, 0.2) is 91.1 Å². The van der Waals surface area contributed by atoms with Crippen molar-refractivity contribution in [3.63, 3.8) is 0 Å². The lowest BCUT2D eigenvalue weighted by atomic mass is 9.95. The summed E-state index contributed by atoms with van der Waals surface area (Å²) in [6, 6.07) is 25.1. The number of fused-ring (bicyclic) bond motifs is 1. The molecule has 0 aliphatic heterocycles. The lowest BCUT2D eigenvalue weighted by Crippen LogP contribution is -2.35. The molecule has 1 heterocycles. The second-order valence-corrected chi connectivity index (χ2v) is 6.88. The van der Waals surface area contributed by atoms with Crippen molar-refractivity contribution in [2.75, 3.05) is 0 Å². The first-order chi connectivity index (χ1) is 14.1. The van der Waals surface area contributed by atoms with Gasteiger partial charge in [0.1, 0.15) is 12.4 Å². The zero-order valence-electron chi connectivity index (χ0n) is 15.7. The highest BCUT2D eigenvalue weighted by molar-refractivity contribution is 5.87. The van der Waals surface area contributed by atoms with Crippen LogP contribution in [0.3, 0.4) is 0 Å². The number of alkyl halides is 1. The topological polar surface area (TPSA) is 51.5 Å². The average Bonchev–Trinajstić information content (AvgIpc) is 3.16. The van der Waals surface area contributed by atoms with Crippen LogP contribution in [0.2, 0.25) is 0 Å². The number of carbonyl (C=O) groups is 1. The summed E-state index contributed by atoms with van der Waals surface area (Å²) in [5.74, 6) is -0.841. The van der Waals surface area contributed by atoms with E-state index in [0.717, 1.165) is 16.5 Å². The number of carboxylic acids is 1. The minimum Gasteiger partial charge on any atom is -0.488 e. The zero-order chi connectivity index (χ0) is 20.3. The van der Waals surface area contributed by atoms with Gasteiger partial charge >= 0.3 is 5.97 Å². The molecule has 0 aliphatic rings. The van der Waals surface area contributed by atoms with E-state index in [9.17, 15) is 9.90 Å². The van der Waals surface area contributed by atoms with Crippen LogP contribution in [0.25, 0.3) is 10.9 Å². The molecule has 4 nitrogen and oxygen atoms in total. The van der Waals surface area contributed by atoms with Crippen molar-refractivity contribution in [3.8, 4) is 5.75 Å². The maximum absolute atomic E-state index is 15.6.